The first-order valence-electron chi connectivity index (χ1n) is 9.11. The normalized spacial score (nSPS) is 11.1. The van der Waals surface area contributed by atoms with Crippen LogP contribution >= 0.6 is 0 Å². The number of aromatic nitrogens is 2. The van der Waals surface area contributed by atoms with Crippen molar-refractivity contribution in [1.29, 1.82) is 0 Å². The van der Waals surface area contributed by atoms with E-state index in [-0.39, 0.29) is 23.6 Å². The van der Waals surface area contributed by atoms with Crippen molar-refractivity contribution >= 4 is 10.9 Å². The van der Waals surface area contributed by atoms with Crippen LogP contribution in [0.3, 0.4) is 0 Å². The summed E-state index contributed by atoms with van der Waals surface area (Å²) in [5, 5.41) is 0.502. The molecule has 5 heteroatoms. The average molecular weight is 374 g/mol. The minimum atomic E-state index is -0.380. The summed E-state index contributed by atoms with van der Waals surface area (Å²) >= 11 is 0. The van der Waals surface area contributed by atoms with Crippen LogP contribution in [0, 0.1) is 12.7 Å². The molecule has 4 rings (SSSR count). The van der Waals surface area contributed by atoms with Crippen LogP contribution in [0.25, 0.3) is 16.6 Å². The fourth-order valence-electron chi connectivity index (χ4n) is 3.39. The van der Waals surface area contributed by atoms with E-state index in [0.29, 0.717) is 23.0 Å². The molecule has 140 valence electrons. The first-order chi connectivity index (χ1) is 13.5. The Hall–Kier alpha value is -3.47. The van der Waals surface area contributed by atoms with Crippen LogP contribution in [0.15, 0.2) is 82.4 Å². The van der Waals surface area contributed by atoms with Gasteiger partial charge in [-0.2, -0.15) is 0 Å². The molecule has 0 bridgehead atoms. The van der Waals surface area contributed by atoms with Gasteiger partial charge in [-0.25, -0.2) is 9.18 Å². The highest BCUT2D eigenvalue weighted by atomic mass is 19.1. The maximum Gasteiger partial charge on any atom is 0.336 e. The van der Waals surface area contributed by atoms with Crippen LogP contribution in [0.2, 0.25) is 0 Å². The number of rotatable bonds is 4. The summed E-state index contributed by atoms with van der Waals surface area (Å²) in [5.74, 6) is -0.312. The Balaban J connectivity index is 1.89. The molecule has 0 N–H and O–H groups in total. The smallest absolute Gasteiger partial charge is 0.268 e. The van der Waals surface area contributed by atoms with E-state index in [2.05, 4.69) is 0 Å². The van der Waals surface area contributed by atoms with Crippen molar-refractivity contribution in [2.75, 3.05) is 0 Å². The molecule has 4 aromatic rings. The zero-order valence-electron chi connectivity index (χ0n) is 15.4. The van der Waals surface area contributed by atoms with Gasteiger partial charge >= 0.3 is 5.69 Å². The van der Waals surface area contributed by atoms with Crippen molar-refractivity contribution < 1.29 is 4.39 Å². The molecule has 0 unspecified atom stereocenters. The predicted octanol–water partition coefficient (Wildman–Crippen LogP) is 3.84. The Labute approximate surface area is 161 Å². The SMILES string of the molecule is Cc1ccc2c(c1)c(=O)n(CCc1ccc(F)cc1)c(=O)n2-c1ccccc1. The third-order valence-electron chi connectivity index (χ3n) is 4.84. The van der Waals surface area contributed by atoms with Crippen molar-refractivity contribution in [1.82, 2.24) is 9.13 Å². The molecular weight excluding hydrogens is 355 g/mol. The zero-order valence-corrected chi connectivity index (χ0v) is 15.4. The molecule has 0 fully saturated rings. The van der Waals surface area contributed by atoms with Gasteiger partial charge in [0.2, 0.25) is 0 Å². The number of benzene rings is 3. The summed E-state index contributed by atoms with van der Waals surface area (Å²) in [6.07, 6.45) is 0.460. The third-order valence-corrected chi connectivity index (χ3v) is 4.84. The van der Waals surface area contributed by atoms with Crippen LogP contribution in [0.1, 0.15) is 11.1 Å². The van der Waals surface area contributed by atoms with Gasteiger partial charge < -0.3 is 0 Å². The minimum absolute atomic E-state index is 0.222. The average Bonchev–Trinajstić information content (AvgIpc) is 2.71. The Kier molecular flexibility index (Phi) is 4.65. The zero-order chi connectivity index (χ0) is 19.7. The second-order valence-corrected chi connectivity index (χ2v) is 6.81. The molecule has 1 heterocycles. The van der Waals surface area contributed by atoms with Crippen molar-refractivity contribution in [3.05, 3.63) is 111 Å². The van der Waals surface area contributed by atoms with Crippen LogP contribution in [-0.4, -0.2) is 9.13 Å². The minimum Gasteiger partial charge on any atom is -0.268 e. The fraction of sp³-hybridized carbons (Fsp3) is 0.130. The van der Waals surface area contributed by atoms with E-state index in [1.165, 1.54) is 16.7 Å². The number of fused-ring (bicyclic) bond motifs is 1. The second-order valence-electron chi connectivity index (χ2n) is 6.81. The molecule has 0 aliphatic heterocycles. The lowest BCUT2D eigenvalue weighted by Crippen LogP contribution is -2.40. The van der Waals surface area contributed by atoms with Crippen molar-refractivity contribution in [2.45, 2.75) is 19.9 Å². The van der Waals surface area contributed by atoms with Crippen molar-refractivity contribution in [3.8, 4) is 5.69 Å². The van der Waals surface area contributed by atoms with Gasteiger partial charge in [0.25, 0.3) is 5.56 Å². The molecule has 0 aliphatic rings. The Bertz CT molecular complexity index is 1260. The Morgan fingerprint density at radius 1 is 0.893 bits per heavy atom. The van der Waals surface area contributed by atoms with E-state index >= 15 is 0 Å². The van der Waals surface area contributed by atoms with Gasteiger partial charge in [0.15, 0.2) is 0 Å². The quantitative estimate of drug-likeness (QED) is 0.545. The van der Waals surface area contributed by atoms with E-state index in [0.717, 1.165) is 11.1 Å². The maximum atomic E-state index is 13.2. The standard InChI is InChI=1S/C23H19FN2O2/c1-16-7-12-21-20(15-16)22(27)25(14-13-17-8-10-18(24)11-9-17)23(28)26(21)19-5-3-2-4-6-19/h2-12,15H,13-14H2,1H3. The maximum absolute atomic E-state index is 13.2. The summed E-state index contributed by atoms with van der Waals surface area (Å²) < 4.78 is 16.0. The summed E-state index contributed by atoms with van der Waals surface area (Å²) in [7, 11) is 0. The van der Waals surface area contributed by atoms with E-state index in [1.54, 1.807) is 16.7 Å². The van der Waals surface area contributed by atoms with E-state index in [1.807, 2.05) is 55.5 Å². The van der Waals surface area contributed by atoms with Crippen molar-refractivity contribution in [2.24, 2.45) is 0 Å². The number of nitrogens with zero attached hydrogens (tertiary/aromatic N) is 2. The summed E-state index contributed by atoms with van der Waals surface area (Å²) in [4.78, 5) is 26.3. The third kappa shape index (κ3) is 3.27. The molecule has 4 nitrogen and oxygen atoms in total. The van der Waals surface area contributed by atoms with Gasteiger partial charge in [0.1, 0.15) is 5.82 Å². The number of halogens is 1. The molecule has 0 aliphatic carbocycles. The van der Waals surface area contributed by atoms with E-state index < -0.39 is 0 Å². The Morgan fingerprint density at radius 3 is 2.32 bits per heavy atom. The number of hydrogen-bond acceptors (Lipinski definition) is 2. The van der Waals surface area contributed by atoms with Crippen LogP contribution in [0.5, 0.6) is 0 Å². The molecule has 0 spiro atoms. The lowest BCUT2D eigenvalue weighted by molar-refractivity contribution is 0.613. The molecule has 0 atom stereocenters. The molecule has 0 saturated carbocycles. The van der Waals surface area contributed by atoms with Crippen molar-refractivity contribution in [3.63, 3.8) is 0 Å². The number of hydrogen-bond donors (Lipinski definition) is 0. The lowest BCUT2D eigenvalue weighted by atomic mass is 10.1. The van der Waals surface area contributed by atoms with E-state index in [9.17, 15) is 14.0 Å². The molecule has 0 amide bonds. The lowest BCUT2D eigenvalue weighted by Gasteiger charge is -2.14. The second kappa shape index (κ2) is 7.27. The number of para-hydroxylation sites is 1. The topological polar surface area (TPSA) is 44.0 Å². The van der Waals surface area contributed by atoms with Crippen LogP contribution < -0.4 is 11.2 Å². The van der Waals surface area contributed by atoms with Gasteiger partial charge in [-0.15, -0.1) is 0 Å². The highest BCUT2D eigenvalue weighted by molar-refractivity contribution is 5.80. The molecule has 28 heavy (non-hydrogen) atoms. The first kappa shape index (κ1) is 17.9. The molecule has 3 aromatic carbocycles. The van der Waals surface area contributed by atoms with Gasteiger partial charge in [-0.3, -0.25) is 13.9 Å². The van der Waals surface area contributed by atoms with Gasteiger partial charge in [-0.1, -0.05) is 42.0 Å². The summed E-state index contributed by atoms with van der Waals surface area (Å²) in [5.41, 5.74) is 2.42. The van der Waals surface area contributed by atoms with E-state index in [4.69, 9.17) is 0 Å². The molecule has 1 aromatic heterocycles. The van der Waals surface area contributed by atoms with Gasteiger partial charge in [0.05, 0.1) is 16.6 Å². The molecule has 0 saturated heterocycles. The fourth-order valence-corrected chi connectivity index (χ4v) is 3.39. The van der Waals surface area contributed by atoms with Crippen LogP contribution in [0.4, 0.5) is 4.39 Å². The van der Waals surface area contributed by atoms with Gasteiger partial charge in [-0.05, 0) is 55.3 Å². The highest BCUT2D eigenvalue weighted by Crippen LogP contribution is 2.15. The van der Waals surface area contributed by atoms with Crippen LogP contribution in [-0.2, 0) is 13.0 Å². The summed E-state index contributed by atoms with van der Waals surface area (Å²) in [6.45, 7) is 2.14. The molecular formula is C23H19FN2O2. The number of aryl methyl sites for hydroxylation is 2. The Morgan fingerprint density at radius 2 is 1.61 bits per heavy atom. The highest BCUT2D eigenvalue weighted by Gasteiger charge is 2.14. The predicted molar refractivity (Wildman–Crippen MR) is 109 cm³/mol. The summed E-state index contributed by atoms with van der Waals surface area (Å²) in [6, 6.07) is 20.9. The first-order valence-corrected chi connectivity index (χ1v) is 9.11. The largest absolute Gasteiger partial charge is 0.336 e. The monoisotopic (exact) mass is 374 g/mol. The van der Waals surface area contributed by atoms with Gasteiger partial charge in [0, 0.05) is 6.54 Å². The molecule has 0 radical (unpaired) electrons.